The normalized spacial score (nSPS) is 12.2. The summed E-state index contributed by atoms with van der Waals surface area (Å²) in [6, 6.07) is 48.4. The Balaban J connectivity index is 0.927. The third kappa shape index (κ3) is 8.29. The van der Waals surface area contributed by atoms with Crippen LogP contribution in [-0.2, 0) is 0 Å². The second kappa shape index (κ2) is 17.7. The Morgan fingerprint density at radius 1 is 0.530 bits per heavy atom. The van der Waals surface area contributed by atoms with E-state index in [1.165, 1.54) is 10.7 Å². The minimum atomic E-state index is -0.660. The van der Waals surface area contributed by atoms with E-state index in [0.29, 0.717) is 33.6 Å². The van der Waals surface area contributed by atoms with Crippen molar-refractivity contribution in [2.45, 2.75) is 12.3 Å². The van der Waals surface area contributed by atoms with Gasteiger partial charge in [-0.15, -0.1) is 10.2 Å². The Bertz CT molecular complexity index is 3650. The highest BCUT2D eigenvalue weighted by Crippen LogP contribution is 2.33. The number of fused-ring (bicyclic) bond motifs is 2. The largest absolute Gasteiger partial charge is 0.497 e. The first kappa shape index (κ1) is 41.7. The number of hydrogen-bond donors (Lipinski definition) is 2. The van der Waals surface area contributed by atoms with E-state index in [0.717, 1.165) is 39.0 Å². The summed E-state index contributed by atoms with van der Waals surface area (Å²) in [5.41, 5.74) is 5.36. The van der Waals surface area contributed by atoms with Crippen LogP contribution in [0.15, 0.2) is 185 Å². The predicted octanol–water partition coefficient (Wildman–Crippen LogP) is 11.3. The second-order valence-electron chi connectivity index (χ2n) is 15.0. The predicted molar refractivity (Wildman–Crippen MR) is 255 cm³/mol. The average molecular weight is 913 g/mol. The van der Waals surface area contributed by atoms with Crippen molar-refractivity contribution < 1.29 is 27.1 Å². The molecule has 0 saturated carbocycles. The highest BCUT2D eigenvalue weighted by molar-refractivity contribution is 7.71. The Hall–Kier alpha value is -8.34. The van der Waals surface area contributed by atoms with Crippen molar-refractivity contribution >= 4 is 57.7 Å². The van der Waals surface area contributed by atoms with Gasteiger partial charge in [-0.25, -0.2) is 9.59 Å². The molecule has 0 bridgehead atoms. The number of ether oxygens (including phenoxy) is 2. The fourth-order valence-electron chi connectivity index (χ4n) is 7.65. The molecule has 0 spiro atoms. The Kier molecular flexibility index (Phi) is 11.2. The summed E-state index contributed by atoms with van der Waals surface area (Å²) in [5, 5.41) is 18.0. The van der Waals surface area contributed by atoms with Crippen molar-refractivity contribution in [3.05, 3.63) is 199 Å². The molecule has 0 aliphatic heterocycles. The molecule has 14 nitrogen and oxygen atoms in total. The van der Waals surface area contributed by atoms with E-state index >= 15 is 0 Å². The van der Waals surface area contributed by atoms with E-state index < -0.39 is 23.6 Å². The molecule has 0 saturated heterocycles. The number of methoxy groups -OCH3 is 2. The van der Waals surface area contributed by atoms with Crippen LogP contribution in [-0.4, -0.2) is 33.8 Å². The maximum absolute atomic E-state index is 13.1. The Morgan fingerprint density at radius 2 is 1.05 bits per heavy atom. The smallest absolute Gasteiger partial charge is 0.349 e. The van der Waals surface area contributed by atoms with E-state index in [1.54, 1.807) is 49.2 Å². The summed E-state index contributed by atoms with van der Waals surface area (Å²) in [6.45, 7) is 0. The van der Waals surface area contributed by atoms with E-state index in [4.69, 9.17) is 56.7 Å². The number of para-hydroxylation sites is 2. The first-order chi connectivity index (χ1) is 32.2. The van der Waals surface area contributed by atoms with Gasteiger partial charge >= 0.3 is 11.3 Å². The summed E-state index contributed by atoms with van der Waals surface area (Å²) >= 11 is 11.4. The van der Waals surface area contributed by atoms with Crippen LogP contribution in [0.2, 0.25) is 0 Å². The number of nitrogens with zero attached hydrogens (tertiary/aromatic N) is 4. The number of benzene rings is 6. The van der Waals surface area contributed by atoms with Crippen LogP contribution in [0.25, 0.3) is 56.0 Å². The third-order valence-corrected chi connectivity index (χ3v) is 11.5. The van der Waals surface area contributed by atoms with Gasteiger partial charge in [-0.1, -0.05) is 84.9 Å². The van der Waals surface area contributed by atoms with Gasteiger partial charge in [0.1, 0.15) is 28.2 Å². The minimum absolute atomic E-state index is 0.0303. The van der Waals surface area contributed by atoms with Crippen LogP contribution in [0.5, 0.6) is 11.5 Å². The molecule has 10 rings (SSSR count). The summed E-state index contributed by atoms with van der Waals surface area (Å²) in [4.78, 5) is 25.7. The zero-order valence-corrected chi connectivity index (χ0v) is 36.7. The monoisotopic (exact) mass is 912 g/mol. The zero-order chi connectivity index (χ0) is 45.3. The minimum Gasteiger partial charge on any atom is -0.497 e. The molecule has 0 aliphatic rings. The first-order valence-corrected chi connectivity index (χ1v) is 21.3. The number of nitrogens with one attached hydrogen (secondary N) is 2. The van der Waals surface area contributed by atoms with Crippen LogP contribution in [0.4, 0.5) is 11.4 Å². The Morgan fingerprint density at radius 3 is 1.61 bits per heavy atom. The average Bonchev–Trinajstić information content (AvgIpc) is 3.93. The molecular weight excluding hydrogens is 877 g/mol. The van der Waals surface area contributed by atoms with E-state index in [9.17, 15) is 9.59 Å². The van der Waals surface area contributed by atoms with Gasteiger partial charge in [0.2, 0.25) is 5.89 Å². The van der Waals surface area contributed by atoms with Gasteiger partial charge < -0.3 is 37.8 Å². The highest BCUT2D eigenvalue weighted by Gasteiger charge is 2.24. The molecule has 0 fully saturated rings. The molecule has 4 heterocycles. The summed E-state index contributed by atoms with van der Waals surface area (Å²) < 4.78 is 37.1. The number of hydrogen-bond acceptors (Lipinski definition) is 14. The lowest BCUT2D eigenvalue weighted by Crippen LogP contribution is -2.21. The lowest BCUT2D eigenvalue weighted by atomic mass is 10.0. The first-order valence-electron chi connectivity index (χ1n) is 20.5. The number of anilines is 2. The number of aromatic nitrogens is 4. The molecule has 326 valence electrons. The fraction of sp³-hybridized carbons (Fsp3) is 0.0800. The highest BCUT2D eigenvalue weighted by atomic mass is 32.1. The lowest BCUT2D eigenvalue weighted by Gasteiger charge is -2.21. The van der Waals surface area contributed by atoms with Crippen molar-refractivity contribution in [1.29, 1.82) is 0 Å². The van der Waals surface area contributed by atoms with Crippen LogP contribution in [0.1, 0.15) is 23.5 Å². The van der Waals surface area contributed by atoms with Crippen LogP contribution >= 0.6 is 24.4 Å². The maximum atomic E-state index is 13.1. The van der Waals surface area contributed by atoms with Crippen LogP contribution < -0.4 is 31.4 Å². The molecule has 66 heavy (non-hydrogen) atoms. The summed E-state index contributed by atoms with van der Waals surface area (Å²) in [6.07, 6.45) is -1.29. The molecule has 4 aromatic heterocycles. The molecule has 2 atom stereocenters. The molecule has 10 aromatic rings. The molecule has 0 radical (unpaired) electrons. The van der Waals surface area contributed by atoms with Gasteiger partial charge in [-0.3, -0.25) is 0 Å². The van der Waals surface area contributed by atoms with Gasteiger partial charge in [0, 0.05) is 39.3 Å². The van der Waals surface area contributed by atoms with Gasteiger partial charge in [-0.2, -0.15) is 9.36 Å². The molecule has 16 heteroatoms. The van der Waals surface area contributed by atoms with Gasteiger partial charge in [0.15, 0.2) is 12.3 Å². The molecule has 2 unspecified atom stereocenters. The molecule has 0 amide bonds. The Labute approximate surface area is 384 Å². The standard InChI is InChI=1S/C50H36N6O8S2/c1-59-36-12-7-10-32(25-36)44(55-49(65)63-46(53-55)39-28-43(57)61-42-16-6-4-14-38(39)42)51-34-21-17-29(18-22-34)30-19-23-35(24-20-30)52-45(33-11-8-13-37(26-33)60-2)56-50(66)64-47(54-56)40-27-31-9-3-5-15-41(31)62-48(40)58/h3-28,44-45,51-52H,1-2H3. The van der Waals surface area contributed by atoms with Gasteiger partial charge in [-0.05, 0) is 102 Å². The molecule has 2 N–H and O–H groups in total. The van der Waals surface area contributed by atoms with Gasteiger partial charge in [0.05, 0.1) is 19.8 Å². The summed E-state index contributed by atoms with van der Waals surface area (Å²) in [7, 11) is 3.20. The zero-order valence-electron chi connectivity index (χ0n) is 35.0. The van der Waals surface area contributed by atoms with Crippen LogP contribution in [0.3, 0.4) is 0 Å². The van der Waals surface area contributed by atoms with E-state index in [2.05, 4.69) is 15.7 Å². The lowest BCUT2D eigenvalue weighted by molar-refractivity contribution is 0.413. The van der Waals surface area contributed by atoms with Crippen molar-refractivity contribution in [2.24, 2.45) is 0 Å². The fourth-order valence-corrected chi connectivity index (χ4v) is 8.10. The van der Waals surface area contributed by atoms with Crippen molar-refractivity contribution in [1.82, 2.24) is 19.6 Å². The van der Waals surface area contributed by atoms with Crippen molar-refractivity contribution in [2.75, 3.05) is 24.9 Å². The maximum Gasteiger partial charge on any atom is 0.349 e. The number of rotatable bonds is 13. The second-order valence-corrected chi connectivity index (χ2v) is 15.7. The van der Waals surface area contributed by atoms with Crippen molar-refractivity contribution in [3.63, 3.8) is 0 Å². The van der Waals surface area contributed by atoms with Gasteiger partial charge in [0.25, 0.3) is 15.6 Å². The summed E-state index contributed by atoms with van der Waals surface area (Å²) in [5.74, 6) is 1.49. The molecule has 6 aromatic carbocycles. The SMILES string of the molecule is COc1cccc(C(Nc2ccc(-c3ccc(NC(c4cccc(OC)c4)n4nc(-c5cc(=O)oc6ccccc56)oc4=S)cc3)cc2)n2nc(-c3cc4ccccc4oc3=O)oc2=S)c1. The third-order valence-electron chi connectivity index (χ3n) is 10.9. The van der Waals surface area contributed by atoms with E-state index in [1.807, 2.05) is 121 Å². The van der Waals surface area contributed by atoms with Crippen LogP contribution in [0, 0.1) is 9.67 Å². The van der Waals surface area contributed by atoms with Crippen molar-refractivity contribution in [3.8, 4) is 45.5 Å². The molecular formula is C50H36N6O8S2. The van der Waals surface area contributed by atoms with E-state index in [-0.39, 0.29) is 27.0 Å². The quantitative estimate of drug-likeness (QED) is 0.0829. The molecule has 0 aliphatic carbocycles. The topological polar surface area (TPSA) is 165 Å².